The summed E-state index contributed by atoms with van der Waals surface area (Å²) < 4.78 is 7.04. The van der Waals surface area contributed by atoms with E-state index in [-0.39, 0.29) is 101 Å². The maximum atomic E-state index is 13.2. The highest BCUT2D eigenvalue weighted by atomic mass is 35.5. The summed E-state index contributed by atoms with van der Waals surface area (Å²) in [6.07, 6.45) is 11.5. The number of pyridine rings is 1. The van der Waals surface area contributed by atoms with Crippen molar-refractivity contribution in [1.29, 1.82) is 0 Å². The van der Waals surface area contributed by atoms with Crippen LogP contribution in [0.15, 0.2) is 64.5 Å². The number of likely N-dealkylation sites (tertiary alicyclic amines) is 2. The minimum absolute atomic E-state index is 0. The molecule has 3 fully saturated rings. The molecule has 4 atom stereocenters. The molecule has 4 unspecified atom stereocenters. The number of allylic oxidation sites excluding steroid dienone is 2. The molecular weight excluding hydrogens is 897 g/mol. The molecule has 1 aliphatic carbocycles. The zero-order chi connectivity index (χ0) is 47.1. The number of morpholine rings is 1. The van der Waals surface area contributed by atoms with E-state index < -0.39 is 12.0 Å². The number of carboxylic acids is 1. The number of rotatable bonds is 12. The second-order valence-electron chi connectivity index (χ2n) is 19.0. The third kappa shape index (κ3) is 13.0. The molecule has 15 nitrogen and oxygen atoms in total. The number of aliphatic carboxylic acids is 1. The van der Waals surface area contributed by atoms with Crippen LogP contribution in [0, 0.1) is 24.7 Å². The molecule has 3 N–H and O–H groups in total. The lowest BCUT2D eigenvalue weighted by atomic mass is 9.81. The van der Waals surface area contributed by atoms with Crippen LogP contribution in [0.4, 0.5) is 0 Å². The number of amides is 4. The number of piperidine rings is 2. The summed E-state index contributed by atoms with van der Waals surface area (Å²) in [5, 5.41) is 16.0. The van der Waals surface area contributed by atoms with E-state index in [2.05, 4.69) is 34.6 Å². The molecule has 2 aromatic rings. The number of ether oxygens (including phenoxy) is 1. The van der Waals surface area contributed by atoms with Gasteiger partial charge in [0.15, 0.2) is 0 Å². The Labute approximate surface area is 408 Å². The van der Waals surface area contributed by atoms with Crippen LogP contribution in [-0.2, 0) is 23.9 Å². The van der Waals surface area contributed by atoms with E-state index in [4.69, 9.17) is 9.84 Å². The third-order valence-electron chi connectivity index (χ3n) is 14.1. The van der Waals surface area contributed by atoms with Crippen LogP contribution in [0.5, 0.6) is 0 Å². The fourth-order valence-corrected chi connectivity index (χ4v) is 9.89. The Morgan fingerprint density at radius 2 is 1.34 bits per heavy atom. The molecule has 0 spiro atoms. The van der Waals surface area contributed by atoms with Gasteiger partial charge in [0, 0.05) is 49.6 Å². The van der Waals surface area contributed by atoms with Gasteiger partial charge in [-0.1, -0.05) is 42.0 Å². The smallest absolute Gasteiger partial charge is 0.320 e. The van der Waals surface area contributed by atoms with Gasteiger partial charge in [-0.05, 0) is 137 Å². The summed E-state index contributed by atoms with van der Waals surface area (Å²) >= 11 is 0. The summed E-state index contributed by atoms with van der Waals surface area (Å²) in [7, 11) is 0. The van der Waals surface area contributed by atoms with Gasteiger partial charge < -0.3 is 34.8 Å². The second kappa shape index (κ2) is 24.7. The molecule has 7 rings (SSSR count). The molecule has 4 aliphatic heterocycles. The van der Waals surface area contributed by atoms with Crippen LogP contribution >= 0.6 is 24.8 Å². The Hall–Kier alpha value is -4.54. The molecule has 0 radical (unpaired) electrons. The number of carboxylic acid groups (broad SMARTS) is 1. The van der Waals surface area contributed by atoms with Crippen molar-refractivity contribution in [3.63, 3.8) is 0 Å². The quantitative estimate of drug-likeness (QED) is 0.234. The van der Waals surface area contributed by atoms with Gasteiger partial charge in [0.2, 0.25) is 5.91 Å². The Morgan fingerprint density at radius 1 is 0.776 bits per heavy atom. The number of fused-ring (bicyclic) bond motifs is 2. The number of aryl methyl sites for hydroxylation is 1. The van der Waals surface area contributed by atoms with Crippen molar-refractivity contribution in [3.05, 3.63) is 81.2 Å². The van der Waals surface area contributed by atoms with Gasteiger partial charge in [-0.3, -0.25) is 38.6 Å². The number of carbonyl (C=O) groups is 5. The van der Waals surface area contributed by atoms with Gasteiger partial charge >= 0.3 is 5.97 Å². The first kappa shape index (κ1) is 55.1. The zero-order valence-corrected chi connectivity index (χ0v) is 42.1. The maximum Gasteiger partial charge on any atom is 0.320 e. The lowest BCUT2D eigenvalue weighted by Crippen LogP contribution is -2.54. The molecule has 67 heavy (non-hydrogen) atoms. The van der Waals surface area contributed by atoms with Crippen molar-refractivity contribution < 1.29 is 33.8 Å². The van der Waals surface area contributed by atoms with E-state index in [1.807, 2.05) is 86.6 Å². The molecule has 17 heteroatoms. The Morgan fingerprint density at radius 3 is 1.90 bits per heavy atom. The standard InChI is InChI=1S/C27H40N4O4.C23H31N3O4.2ClH/c1-18(2)31-24-7-5-6-19(3)22(24)16-23(27(31)34)25(32)28-17-21-8-10-29(11-9-21)20(4)26(33)30-12-14-35-15-13-30;1-14(2)26-20-7-5-6-15(3)18(20)12-19(22(26)28)21(27)24-13-17-8-10-25(11-9-17)16(4)23(29)30;;/h5-7,16,18,20-22,24H,8-15,17H2,1-4H3,(H,28,32);5-7,12,14,16-17H,8-11,13H2,1-4H3,(H,24,27)(H,29,30);2*1H. The molecule has 4 amide bonds. The molecule has 370 valence electrons. The fourth-order valence-electron chi connectivity index (χ4n) is 9.89. The first-order chi connectivity index (χ1) is 31.0. The summed E-state index contributed by atoms with van der Waals surface area (Å²) in [5.41, 5.74) is 3.18. The second-order valence-corrected chi connectivity index (χ2v) is 19.0. The van der Waals surface area contributed by atoms with Crippen molar-refractivity contribution in [2.75, 3.05) is 65.6 Å². The first-order valence-corrected chi connectivity index (χ1v) is 23.7. The maximum absolute atomic E-state index is 13.2. The average Bonchev–Trinajstić information content (AvgIpc) is 3.29. The van der Waals surface area contributed by atoms with E-state index in [9.17, 15) is 28.8 Å². The predicted octanol–water partition coefficient (Wildman–Crippen LogP) is 5.39. The zero-order valence-electron chi connectivity index (χ0n) is 40.5. The van der Waals surface area contributed by atoms with Crippen LogP contribution in [0.25, 0.3) is 10.9 Å². The van der Waals surface area contributed by atoms with Crippen molar-refractivity contribution in [3.8, 4) is 0 Å². The van der Waals surface area contributed by atoms with Gasteiger partial charge in [-0.25, -0.2) is 0 Å². The number of halogens is 2. The lowest BCUT2D eigenvalue weighted by Gasteiger charge is -2.42. The number of hydrogen-bond acceptors (Lipinski definition) is 9. The van der Waals surface area contributed by atoms with E-state index in [0.29, 0.717) is 58.4 Å². The predicted molar refractivity (Wildman–Crippen MR) is 266 cm³/mol. The van der Waals surface area contributed by atoms with Crippen molar-refractivity contribution >= 4 is 65.3 Å². The van der Waals surface area contributed by atoms with Crippen LogP contribution in [0.1, 0.15) is 96.1 Å². The summed E-state index contributed by atoms with van der Waals surface area (Å²) in [6, 6.07) is 6.81. The molecule has 0 bridgehead atoms. The molecule has 5 aliphatic rings. The summed E-state index contributed by atoms with van der Waals surface area (Å²) in [5.74, 6) is -0.792. The number of benzene rings is 1. The van der Waals surface area contributed by atoms with Crippen LogP contribution < -0.4 is 16.2 Å². The molecular formula is C50H73Cl2N7O8. The highest BCUT2D eigenvalue weighted by Crippen LogP contribution is 2.34. The summed E-state index contributed by atoms with van der Waals surface area (Å²) in [4.78, 5) is 84.2. The Balaban J connectivity index is 0.000000287. The summed E-state index contributed by atoms with van der Waals surface area (Å²) in [6.45, 7) is 22.3. The number of aromatic nitrogens is 1. The van der Waals surface area contributed by atoms with Crippen molar-refractivity contribution in [2.45, 2.75) is 111 Å². The third-order valence-corrected chi connectivity index (χ3v) is 14.1. The topological polar surface area (TPSA) is 174 Å². The number of nitrogens with zero attached hydrogens (tertiary/aromatic N) is 5. The van der Waals surface area contributed by atoms with E-state index in [0.717, 1.165) is 60.8 Å². The average molecular weight is 971 g/mol. The van der Waals surface area contributed by atoms with Gasteiger partial charge in [-0.15, -0.1) is 24.8 Å². The Bertz CT molecular complexity index is 2240. The van der Waals surface area contributed by atoms with Gasteiger partial charge in [0.1, 0.15) is 17.2 Å². The van der Waals surface area contributed by atoms with E-state index >= 15 is 0 Å². The SMILES string of the molecule is CC1=CC=CC2C1C=C(C(=O)NCC1CCN(C(C)C(=O)N3CCOCC3)CC1)C(=O)N2C(C)C.Cc1cccc2c1cc(C(=O)NCC1CCN(C(C)C(=O)O)CC1)c(=O)n2C(C)C.Cl.Cl. The van der Waals surface area contributed by atoms with Gasteiger partial charge in [0.25, 0.3) is 23.3 Å². The van der Waals surface area contributed by atoms with Crippen molar-refractivity contribution in [2.24, 2.45) is 17.8 Å². The van der Waals surface area contributed by atoms with E-state index in [1.165, 1.54) is 0 Å². The largest absolute Gasteiger partial charge is 0.480 e. The van der Waals surface area contributed by atoms with E-state index in [1.54, 1.807) is 17.6 Å². The normalized spacial score (nSPS) is 21.5. The highest BCUT2D eigenvalue weighted by molar-refractivity contribution is 6.19. The van der Waals surface area contributed by atoms with Crippen molar-refractivity contribution in [1.82, 2.24) is 34.8 Å². The molecule has 1 aromatic heterocycles. The van der Waals surface area contributed by atoms with Crippen LogP contribution in [0.3, 0.4) is 0 Å². The molecule has 5 heterocycles. The van der Waals surface area contributed by atoms with Crippen LogP contribution in [0.2, 0.25) is 0 Å². The molecule has 3 saturated heterocycles. The number of hydrogen-bond donors (Lipinski definition) is 3. The monoisotopic (exact) mass is 969 g/mol. The number of nitrogens with one attached hydrogen (secondary N) is 2. The molecule has 0 saturated carbocycles. The van der Waals surface area contributed by atoms with Crippen LogP contribution in [-0.4, -0.2) is 149 Å². The molecule has 1 aromatic carbocycles. The lowest BCUT2D eigenvalue weighted by molar-refractivity contribution is -0.143. The Kier molecular flexibility index (Phi) is 20.3. The minimum atomic E-state index is -0.810. The highest BCUT2D eigenvalue weighted by Gasteiger charge is 2.40. The van der Waals surface area contributed by atoms with Gasteiger partial charge in [0.05, 0.1) is 30.8 Å². The number of carbonyl (C=O) groups excluding carboxylic acids is 4. The first-order valence-electron chi connectivity index (χ1n) is 23.7. The fraction of sp³-hybridized carbons (Fsp3) is 0.600. The minimum Gasteiger partial charge on any atom is -0.480 e. The van der Waals surface area contributed by atoms with Gasteiger partial charge in [-0.2, -0.15) is 0 Å².